The molecule has 106 valence electrons. The number of benzene rings is 1. The smallest absolute Gasteiger partial charge is 0.119 e. The van der Waals surface area contributed by atoms with Crippen molar-refractivity contribution in [2.45, 2.75) is 12.6 Å². The fourth-order valence-electron chi connectivity index (χ4n) is 2.15. The maximum absolute atomic E-state index is 9.08. The summed E-state index contributed by atoms with van der Waals surface area (Å²) in [5, 5.41) is 9.08. The minimum Gasteiger partial charge on any atom is -0.492 e. The fourth-order valence-corrected chi connectivity index (χ4v) is 2.15. The predicted molar refractivity (Wildman–Crippen MR) is 73.1 cm³/mol. The van der Waals surface area contributed by atoms with E-state index in [9.17, 15) is 0 Å². The van der Waals surface area contributed by atoms with Gasteiger partial charge in [0.1, 0.15) is 12.4 Å². The summed E-state index contributed by atoms with van der Waals surface area (Å²) in [5.41, 5.74) is 6.67. The SMILES string of the molecule is NCc1cccc(OCCN2CCOC(CO)C2)c1. The van der Waals surface area contributed by atoms with Crippen LogP contribution in [0.25, 0.3) is 0 Å². The highest BCUT2D eigenvalue weighted by molar-refractivity contribution is 5.28. The summed E-state index contributed by atoms with van der Waals surface area (Å²) in [6, 6.07) is 7.85. The third-order valence-electron chi connectivity index (χ3n) is 3.24. The Hall–Kier alpha value is -1.14. The summed E-state index contributed by atoms with van der Waals surface area (Å²) in [4.78, 5) is 2.25. The lowest BCUT2D eigenvalue weighted by molar-refractivity contribution is -0.0547. The van der Waals surface area contributed by atoms with Crippen molar-refractivity contribution in [3.05, 3.63) is 29.8 Å². The monoisotopic (exact) mass is 266 g/mol. The van der Waals surface area contributed by atoms with E-state index < -0.39 is 0 Å². The van der Waals surface area contributed by atoms with Gasteiger partial charge in [0.15, 0.2) is 0 Å². The van der Waals surface area contributed by atoms with Crippen LogP contribution in [0.3, 0.4) is 0 Å². The Morgan fingerprint density at radius 1 is 1.47 bits per heavy atom. The molecule has 0 amide bonds. The Morgan fingerprint density at radius 2 is 2.37 bits per heavy atom. The minimum absolute atomic E-state index is 0.0608. The van der Waals surface area contributed by atoms with Crippen molar-refractivity contribution >= 4 is 0 Å². The van der Waals surface area contributed by atoms with E-state index in [0.717, 1.165) is 30.9 Å². The summed E-state index contributed by atoms with van der Waals surface area (Å²) in [7, 11) is 0. The van der Waals surface area contributed by atoms with Crippen molar-refractivity contribution < 1.29 is 14.6 Å². The molecule has 1 fully saturated rings. The molecule has 2 rings (SSSR count). The van der Waals surface area contributed by atoms with Gasteiger partial charge in [0.25, 0.3) is 0 Å². The van der Waals surface area contributed by atoms with Gasteiger partial charge in [-0.2, -0.15) is 0 Å². The maximum atomic E-state index is 9.08. The molecule has 0 bridgehead atoms. The molecule has 1 aliphatic rings. The molecular formula is C14H22N2O3. The van der Waals surface area contributed by atoms with E-state index in [0.29, 0.717) is 19.8 Å². The summed E-state index contributed by atoms with van der Waals surface area (Å²) in [6.07, 6.45) is -0.0608. The van der Waals surface area contributed by atoms with Gasteiger partial charge in [0.2, 0.25) is 0 Å². The predicted octanol–water partition coefficient (Wildman–Crippen LogP) is 0.217. The van der Waals surface area contributed by atoms with Crippen LogP contribution >= 0.6 is 0 Å². The molecule has 0 spiro atoms. The van der Waals surface area contributed by atoms with Gasteiger partial charge in [-0.25, -0.2) is 0 Å². The molecule has 0 aromatic heterocycles. The van der Waals surface area contributed by atoms with Crippen molar-refractivity contribution in [2.24, 2.45) is 5.73 Å². The molecule has 0 saturated carbocycles. The summed E-state index contributed by atoms with van der Waals surface area (Å²) in [5.74, 6) is 0.856. The first-order valence-electron chi connectivity index (χ1n) is 6.68. The first kappa shape index (κ1) is 14.3. The van der Waals surface area contributed by atoms with Crippen LogP contribution in [0, 0.1) is 0 Å². The second-order valence-electron chi connectivity index (χ2n) is 4.68. The fraction of sp³-hybridized carbons (Fsp3) is 0.571. The average Bonchev–Trinajstić information content (AvgIpc) is 2.48. The molecule has 5 heteroatoms. The molecule has 1 saturated heterocycles. The molecule has 19 heavy (non-hydrogen) atoms. The number of hydrogen-bond acceptors (Lipinski definition) is 5. The molecule has 1 unspecified atom stereocenters. The average molecular weight is 266 g/mol. The van der Waals surface area contributed by atoms with E-state index in [-0.39, 0.29) is 12.7 Å². The Balaban J connectivity index is 1.73. The van der Waals surface area contributed by atoms with E-state index in [4.69, 9.17) is 20.3 Å². The lowest BCUT2D eigenvalue weighted by Gasteiger charge is -2.31. The van der Waals surface area contributed by atoms with Crippen molar-refractivity contribution in [3.8, 4) is 5.75 Å². The maximum Gasteiger partial charge on any atom is 0.119 e. The minimum atomic E-state index is -0.0608. The van der Waals surface area contributed by atoms with Crippen molar-refractivity contribution in [1.29, 1.82) is 0 Å². The summed E-state index contributed by atoms with van der Waals surface area (Å²) in [6.45, 7) is 4.41. The highest BCUT2D eigenvalue weighted by Gasteiger charge is 2.19. The van der Waals surface area contributed by atoms with Crippen molar-refractivity contribution in [3.63, 3.8) is 0 Å². The standard InChI is InChI=1S/C14H22N2O3/c15-9-12-2-1-3-13(8-12)18-6-4-16-5-7-19-14(10-16)11-17/h1-3,8,14,17H,4-7,9-11,15H2. The molecule has 1 atom stereocenters. The lowest BCUT2D eigenvalue weighted by atomic mass is 10.2. The summed E-state index contributed by atoms with van der Waals surface area (Å²) >= 11 is 0. The van der Waals surface area contributed by atoms with Crippen LogP contribution in [-0.4, -0.2) is 55.6 Å². The third-order valence-corrected chi connectivity index (χ3v) is 3.24. The molecular weight excluding hydrogens is 244 g/mol. The summed E-state index contributed by atoms with van der Waals surface area (Å²) < 4.78 is 11.1. The van der Waals surface area contributed by atoms with E-state index in [2.05, 4.69) is 4.90 Å². The number of aliphatic hydroxyl groups excluding tert-OH is 1. The Bertz CT molecular complexity index is 387. The zero-order chi connectivity index (χ0) is 13.5. The number of ether oxygens (including phenoxy) is 2. The van der Waals surface area contributed by atoms with Gasteiger partial charge in [0, 0.05) is 26.2 Å². The Labute approximate surface area is 113 Å². The van der Waals surface area contributed by atoms with Gasteiger partial charge in [-0.1, -0.05) is 12.1 Å². The number of aliphatic hydroxyl groups is 1. The number of rotatable bonds is 6. The molecule has 5 nitrogen and oxygen atoms in total. The Morgan fingerprint density at radius 3 is 3.16 bits per heavy atom. The normalized spacial score (nSPS) is 20.4. The third kappa shape index (κ3) is 4.47. The zero-order valence-electron chi connectivity index (χ0n) is 11.1. The van der Waals surface area contributed by atoms with E-state index in [1.54, 1.807) is 0 Å². The van der Waals surface area contributed by atoms with E-state index >= 15 is 0 Å². The second kappa shape index (κ2) is 7.45. The molecule has 3 N–H and O–H groups in total. The van der Waals surface area contributed by atoms with Crippen LogP contribution in [0.4, 0.5) is 0 Å². The molecule has 0 radical (unpaired) electrons. The first-order valence-corrected chi connectivity index (χ1v) is 6.68. The first-order chi connectivity index (χ1) is 9.31. The van der Waals surface area contributed by atoms with E-state index in [1.807, 2.05) is 24.3 Å². The number of hydrogen-bond donors (Lipinski definition) is 2. The second-order valence-corrected chi connectivity index (χ2v) is 4.68. The highest BCUT2D eigenvalue weighted by atomic mass is 16.5. The number of nitrogens with zero attached hydrogens (tertiary/aromatic N) is 1. The van der Waals surface area contributed by atoms with Crippen LogP contribution in [-0.2, 0) is 11.3 Å². The molecule has 1 aromatic rings. The molecule has 1 heterocycles. The van der Waals surface area contributed by atoms with Crippen molar-refractivity contribution in [2.75, 3.05) is 39.5 Å². The molecule has 1 aromatic carbocycles. The molecule has 1 aliphatic heterocycles. The largest absolute Gasteiger partial charge is 0.492 e. The van der Waals surface area contributed by atoms with Crippen LogP contribution in [0.5, 0.6) is 5.75 Å². The topological polar surface area (TPSA) is 68.0 Å². The van der Waals surface area contributed by atoms with Gasteiger partial charge in [-0.3, -0.25) is 4.90 Å². The van der Waals surface area contributed by atoms with Crippen LogP contribution in [0.2, 0.25) is 0 Å². The zero-order valence-corrected chi connectivity index (χ0v) is 11.1. The number of nitrogens with two attached hydrogens (primary N) is 1. The van der Waals surface area contributed by atoms with Crippen LogP contribution in [0.15, 0.2) is 24.3 Å². The Kier molecular flexibility index (Phi) is 5.60. The molecule has 0 aliphatic carbocycles. The van der Waals surface area contributed by atoms with Crippen LogP contribution < -0.4 is 10.5 Å². The van der Waals surface area contributed by atoms with E-state index in [1.165, 1.54) is 0 Å². The van der Waals surface area contributed by atoms with Gasteiger partial charge >= 0.3 is 0 Å². The quantitative estimate of drug-likeness (QED) is 0.771. The van der Waals surface area contributed by atoms with Gasteiger partial charge < -0.3 is 20.3 Å². The van der Waals surface area contributed by atoms with Crippen LogP contribution in [0.1, 0.15) is 5.56 Å². The van der Waals surface area contributed by atoms with Gasteiger partial charge in [0.05, 0.1) is 19.3 Å². The highest BCUT2D eigenvalue weighted by Crippen LogP contribution is 2.13. The lowest BCUT2D eigenvalue weighted by Crippen LogP contribution is -2.45. The number of morpholine rings is 1. The van der Waals surface area contributed by atoms with Crippen molar-refractivity contribution in [1.82, 2.24) is 4.90 Å². The van der Waals surface area contributed by atoms with Gasteiger partial charge in [-0.15, -0.1) is 0 Å². The van der Waals surface area contributed by atoms with Gasteiger partial charge in [-0.05, 0) is 17.7 Å².